The van der Waals surface area contributed by atoms with Crippen molar-refractivity contribution in [2.45, 2.75) is 39.4 Å². The number of hydrogen-bond donors (Lipinski definition) is 1. The third kappa shape index (κ3) is 5.72. The number of thiazole rings is 1. The Kier molecular flexibility index (Phi) is 7.64. The molecule has 2 aromatic heterocycles. The fraction of sp³-hybridized carbons (Fsp3) is 0.219. The average Bonchev–Trinajstić information content (AvgIpc) is 3.35. The van der Waals surface area contributed by atoms with E-state index in [1.807, 2.05) is 88.4 Å². The van der Waals surface area contributed by atoms with E-state index in [2.05, 4.69) is 11.1 Å². The maximum absolute atomic E-state index is 12.6. The van der Waals surface area contributed by atoms with E-state index in [0.29, 0.717) is 16.5 Å². The van der Waals surface area contributed by atoms with Crippen molar-refractivity contribution in [1.82, 2.24) is 9.97 Å². The molecule has 6 nitrogen and oxygen atoms in total. The summed E-state index contributed by atoms with van der Waals surface area (Å²) in [5.41, 5.74) is 6.13. The lowest BCUT2D eigenvalue weighted by Crippen LogP contribution is -2.28. The second-order valence-electron chi connectivity index (χ2n) is 10.5. The Morgan fingerprint density at radius 2 is 1.68 bits per heavy atom. The first-order valence-corrected chi connectivity index (χ1v) is 13.9. The number of pyridine rings is 1. The van der Waals surface area contributed by atoms with E-state index in [1.54, 1.807) is 13.3 Å². The number of aryl methyl sites for hydroxylation is 1. The maximum Gasteiger partial charge on any atom is 0.337 e. The highest BCUT2D eigenvalue weighted by molar-refractivity contribution is 7.22. The smallest absolute Gasteiger partial charge is 0.337 e. The summed E-state index contributed by atoms with van der Waals surface area (Å²) in [6, 6.07) is 21.4. The van der Waals surface area contributed by atoms with Gasteiger partial charge in [0.2, 0.25) is 5.88 Å². The number of benzene rings is 3. The Bertz CT molecular complexity index is 1710. The van der Waals surface area contributed by atoms with E-state index < -0.39 is 17.7 Å². The molecule has 0 spiro atoms. The van der Waals surface area contributed by atoms with Crippen molar-refractivity contribution in [2.75, 3.05) is 7.11 Å². The minimum Gasteiger partial charge on any atom is -0.481 e. The Morgan fingerprint density at radius 1 is 0.975 bits per heavy atom. The highest BCUT2D eigenvalue weighted by atomic mass is 35.5. The van der Waals surface area contributed by atoms with E-state index in [1.165, 1.54) is 11.3 Å². The zero-order valence-corrected chi connectivity index (χ0v) is 24.4. The fourth-order valence-corrected chi connectivity index (χ4v) is 5.94. The predicted octanol–water partition coefficient (Wildman–Crippen LogP) is 8.60. The molecule has 1 unspecified atom stereocenters. The molecule has 0 saturated heterocycles. The van der Waals surface area contributed by atoms with Gasteiger partial charge in [-0.15, -0.1) is 11.3 Å². The van der Waals surface area contributed by atoms with Gasteiger partial charge >= 0.3 is 5.97 Å². The number of rotatable bonds is 7. The van der Waals surface area contributed by atoms with Gasteiger partial charge in [0.15, 0.2) is 6.10 Å². The number of ether oxygens (including phenoxy) is 2. The lowest BCUT2D eigenvalue weighted by atomic mass is 9.91. The van der Waals surface area contributed by atoms with Crippen LogP contribution in [0.3, 0.4) is 0 Å². The van der Waals surface area contributed by atoms with Gasteiger partial charge in [0.25, 0.3) is 0 Å². The monoisotopic (exact) mass is 572 g/mol. The molecule has 5 aromatic rings. The Labute approximate surface area is 242 Å². The number of hydrogen-bond acceptors (Lipinski definition) is 6. The molecule has 0 saturated carbocycles. The third-order valence-electron chi connectivity index (χ3n) is 6.41. The van der Waals surface area contributed by atoms with Gasteiger partial charge in [-0.1, -0.05) is 41.9 Å². The van der Waals surface area contributed by atoms with Crippen molar-refractivity contribution in [3.8, 4) is 38.7 Å². The standard InChI is InChI=1S/C32H29ClN2O4S/c1-18-15-24-29(27(19-9-11-23(33)12-10-19)26(18)28(31(36)37)39-32(2,3)4)40-30(35-24)22-8-6-7-20(16-22)21-13-14-34-25(17-21)38-5/h6-17,28H,1-5H3,(H,36,37). The topological polar surface area (TPSA) is 81.5 Å². The van der Waals surface area contributed by atoms with Gasteiger partial charge in [-0.05, 0) is 80.3 Å². The van der Waals surface area contributed by atoms with Crippen LogP contribution < -0.4 is 4.74 Å². The van der Waals surface area contributed by atoms with Crippen molar-refractivity contribution >= 4 is 39.1 Å². The lowest BCUT2D eigenvalue weighted by Gasteiger charge is -2.28. The van der Waals surface area contributed by atoms with Crippen LogP contribution in [-0.4, -0.2) is 33.8 Å². The molecule has 0 bridgehead atoms. The van der Waals surface area contributed by atoms with Gasteiger partial charge in [-0.2, -0.15) is 0 Å². The SMILES string of the molecule is COc1cc(-c2cccc(-c3nc4cc(C)c(C(OC(C)(C)C)C(=O)O)c(-c5ccc(Cl)cc5)c4s3)c2)ccn1. The Balaban J connectivity index is 1.72. The summed E-state index contributed by atoms with van der Waals surface area (Å²) in [6.07, 6.45) is 0.561. The van der Waals surface area contributed by atoms with E-state index in [0.717, 1.165) is 48.6 Å². The number of fused-ring (bicyclic) bond motifs is 1. The molecule has 0 aliphatic rings. The number of aromatic nitrogens is 2. The molecule has 0 amide bonds. The quantitative estimate of drug-likeness (QED) is 0.210. The molecule has 204 valence electrons. The molecule has 0 radical (unpaired) electrons. The normalized spacial score (nSPS) is 12.4. The number of carboxylic acid groups (broad SMARTS) is 1. The molecular weight excluding hydrogens is 544 g/mol. The molecule has 0 fully saturated rings. The van der Waals surface area contributed by atoms with Crippen LogP contribution in [0.4, 0.5) is 0 Å². The molecular formula is C32H29ClN2O4S. The molecule has 8 heteroatoms. The zero-order chi connectivity index (χ0) is 28.6. The second-order valence-corrected chi connectivity index (χ2v) is 11.9. The highest BCUT2D eigenvalue weighted by Gasteiger charge is 2.32. The van der Waals surface area contributed by atoms with Crippen LogP contribution in [0.5, 0.6) is 5.88 Å². The van der Waals surface area contributed by atoms with Crippen LogP contribution in [0.25, 0.3) is 43.0 Å². The number of aliphatic carboxylic acids is 1. The van der Waals surface area contributed by atoms with E-state index in [-0.39, 0.29) is 0 Å². The average molecular weight is 573 g/mol. The molecule has 0 aliphatic carbocycles. The summed E-state index contributed by atoms with van der Waals surface area (Å²) in [6.45, 7) is 7.48. The fourth-order valence-electron chi connectivity index (χ4n) is 4.69. The lowest BCUT2D eigenvalue weighted by molar-refractivity contribution is -0.160. The van der Waals surface area contributed by atoms with E-state index in [4.69, 9.17) is 26.1 Å². The molecule has 5 rings (SSSR count). The van der Waals surface area contributed by atoms with Crippen molar-refractivity contribution in [3.05, 3.63) is 89.1 Å². The largest absolute Gasteiger partial charge is 0.481 e. The number of carboxylic acids is 1. The third-order valence-corrected chi connectivity index (χ3v) is 7.80. The van der Waals surface area contributed by atoms with Crippen LogP contribution in [0.1, 0.15) is 38.0 Å². The maximum atomic E-state index is 12.6. The van der Waals surface area contributed by atoms with Gasteiger partial charge in [-0.25, -0.2) is 14.8 Å². The summed E-state index contributed by atoms with van der Waals surface area (Å²) in [7, 11) is 1.60. The number of halogens is 1. The van der Waals surface area contributed by atoms with Crippen molar-refractivity contribution in [1.29, 1.82) is 0 Å². The van der Waals surface area contributed by atoms with Gasteiger partial charge in [0, 0.05) is 34.0 Å². The second kappa shape index (κ2) is 11.0. The molecule has 40 heavy (non-hydrogen) atoms. The first-order chi connectivity index (χ1) is 19.0. The van der Waals surface area contributed by atoms with Gasteiger partial charge < -0.3 is 14.6 Å². The van der Waals surface area contributed by atoms with E-state index >= 15 is 0 Å². The van der Waals surface area contributed by atoms with Crippen LogP contribution in [-0.2, 0) is 9.53 Å². The summed E-state index contributed by atoms with van der Waals surface area (Å²) >= 11 is 7.74. The first kappa shape index (κ1) is 27.8. The molecule has 2 heterocycles. The summed E-state index contributed by atoms with van der Waals surface area (Å²) in [5.74, 6) is -0.498. The number of carbonyl (C=O) groups is 1. The summed E-state index contributed by atoms with van der Waals surface area (Å²) in [5, 5.41) is 11.7. The number of methoxy groups -OCH3 is 1. The van der Waals surface area contributed by atoms with Crippen molar-refractivity contribution in [2.24, 2.45) is 0 Å². The Hall–Kier alpha value is -3.78. The summed E-state index contributed by atoms with van der Waals surface area (Å²) in [4.78, 5) is 21.8. The minimum absolute atomic E-state index is 0.545. The zero-order valence-electron chi connectivity index (χ0n) is 22.9. The summed E-state index contributed by atoms with van der Waals surface area (Å²) < 4.78 is 12.3. The van der Waals surface area contributed by atoms with Crippen molar-refractivity contribution < 1.29 is 19.4 Å². The molecule has 1 N–H and O–H groups in total. The van der Waals surface area contributed by atoms with Gasteiger partial charge in [0.1, 0.15) is 5.01 Å². The molecule has 0 aliphatic heterocycles. The Morgan fingerprint density at radius 3 is 2.35 bits per heavy atom. The van der Waals surface area contributed by atoms with Crippen molar-refractivity contribution in [3.63, 3.8) is 0 Å². The van der Waals surface area contributed by atoms with Gasteiger partial charge in [0.05, 0.1) is 22.9 Å². The minimum atomic E-state index is -1.16. The number of nitrogens with zero attached hydrogens (tertiary/aromatic N) is 2. The molecule has 3 aromatic carbocycles. The highest BCUT2D eigenvalue weighted by Crippen LogP contribution is 2.44. The van der Waals surface area contributed by atoms with Crippen LogP contribution in [0, 0.1) is 6.92 Å². The molecule has 1 atom stereocenters. The van der Waals surface area contributed by atoms with Gasteiger partial charge in [-0.3, -0.25) is 0 Å². The van der Waals surface area contributed by atoms with Crippen LogP contribution >= 0.6 is 22.9 Å². The van der Waals surface area contributed by atoms with E-state index in [9.17, 15) is 9.90 Å². The van der Waals surface area contributed by atoms with Crippen LogP contribution in [0.2, 0.25) is 5.02 Å². The van der Waals surface area contributed by atoms with Crippen LogP contribution in [0.15, 0.2) is 72.9 Å². The predicted molar refractivity (Wildman–Crippen MR) is 161 cm³/mol. The first-order valence-electron chi connectivity index (χ1n) is 12.8.